The number of benzene rings is 1. The van der Waals surface area contributed by atoms with Gasteiger partial charge in [-0.2, -0.15) is 0 Å². The molecule has 0 unspecified atom stereocenters. The fourth-order valence-corrected chi connectivity index (χ4v) is 2.91. The third-order valence-corrected chi connectivity index (χ3v) is 4.30. The highest BCUT2D eigenvalue weighted by molar-refractivity contribution is 5.93. The molecular formula is C19H21N3O5. The van der Waals surface area contributed by atoms with Crippen LogP contribution in [0.1, 0.15) is 17.7 Å². The van der Waals surface area contributed by atoms with Crippen molar-refractivity contribution in [1.29, 1.82) is 0 Å². The standard InChI is InChI=1S/C19H21N3O5/c1-13-9-16(21-27-13)20-17(23)12-26-19(25)15-10-18(24)22(11-15)8-7-14-5-3-2-4-6-14/h2-6,9,15H,7-8,10-12H2,1H3,(H,20,21,23)/t15-/m0/s1. The molecule has 0 saturated carbocycles. The second-order valence-corrected chi connectivity index (χ2v) is 6.46. The predicted octanol–water partition coefficient (Wildman–Crippen LogP) is 1.56. The third kappa shape index (κ3) is 5.16. The van der Waals surface area contributed by atoms with Gasteiger partial charge < -0.3 is 19.5 Å². The minimum atomic E-state index is -0.546. The van der Waals surface area contributed by atoms with E-state index in [4.69, 9.17) is 9.26 Å². The van der Waals surface area contributed by atoms with Gasteiger partial charge in [0.05, 0.1) is 5.92 Å². The number of carbonyl (C=O) groups excluding carboxylic acids is 3. The van der Waals surface area contributed by atoms with Crippen LogP contribution >= 0.6 is 0 Å². The number of anilines is 1. The highest BCUT2D eigenvalue weighted by Crippen LogP contribution is 2.19. The summed E-state index contributed by atoms with van der Waals surface area (Å²) in [6.07, 6.45) is 0.839. The molecule has 1 N–H and O–H groups in total. The Morgan fingerprint density at radius 3 is 2.81 bits per heavy atom. The van der Waals surface area contributed by atoms with Gasteiger partial charge in [-0.1, -0.05) is 35.5 Å². The van der Waals surface area contributed by atoms with Gasteiger partial charge in [0.2, 0.25) is 5.91 Å². The summed E-state index contributed by atoms with van der Waals surface area (Å²) in [5.74, 6) is -0.858. The number of nitrogens with one attached hydrogen (secondary N) is 1. The van der Waals surface area contributed by atoms with Crippen molar-refractivity contribution in [2.45, 2.75) is 19.8 Å². The monoisotopic (exact) mass is 371 g/mol. The maximum Gasteiger partial charge on any atom is 0.311 e. The number of aromatic nitrogens is 1. The fourth-order valence-electron chi connectivity index (χ4n) is 2.91. The molecule has 2 heterocycles. The lowest BCUT2D eigenvalue weighted by atomic mass is 10.1. The molecule has 3 rings (SSSR count). The van der Waals surface area contributed by atoms with Crippen LogP contribution in [0.2, 0.25) is 0 Å². The van der Waals surface area contributed by atoms with E-state index < -0.39 is 24.4 Å². The topological polar surface area (TPSA) is 102 Å². The SMILES string of the molecule is Cc1cc(NC(=O)COC(=O)[C@H]2CC(=O)N(CCc3ccccc3)C2)no1. The molecule has 1 aliphatic rings. The van der Waals surface area contributed by atoms with E-state index in [1.165, 1.54) is 0 Å². The molecule has 2 aromatic rings. The Balaban J connectivity index is 1.42. The Hall–Kier alpha value is -3.16. The van der Waals surface area contributed by atoms with E-state index >= 15 is 0 Å². The highest BCUT2D eigenvalue weighted by atomic mass is 16.5. The van der Waals surface area contributed by atoms with Crippen LogP contribution in [0, 0.1) is 12.8 Å². The highest BCUT2D eigenvalue weighted by Gasteiger charge is 2.35. The van der Waals surface area contributed by atoms with Crippen LogP contribution in [0.3, 0.4) is 0 Å². The second-order valence-electron chi connectivity index (χ2n) is 6.46. The molecule has 1 aromatic heterocycles. The zero-order chi connectivity index (χ0) is 19.2. The van der Waals surface area contributed by atoms with Gasteiger partial charge in [0, 0.05) is 25.6 Å². The molecule has 27 heavy (non-hydrogen) atoms. The molecular weight excluding hydrogens is 350 g/mol. The lowest BCUT2D eigenvalue weighted by Gasteiger charge is -2.16. The van der Waals surface area contributed by atoms with Crippen LogP contribution in [-0.2, 0) is 25.5 Å². The molecule has 0 radical (unpaired) electrons. The van der Waals surface area contributed by atoms with Crippen molar-refractivity contribution in [1.82, 2.24) is 10.1 Å². The minimum absolute atomic E-state index is 0.0737. The van der Waals surface area contributed by atoms with E-state index in [2.05, 4.69) is 10.5 Å². The van der Waals surface area contributed by atoms with Gasteiger partial charge in [-0.3, -0.25) is 14.4 Å². The van der Waals surface area contributed by atoms with E-state index in [9.17, 15) is 14.4 Å². The van der Waals surface area contributed by atoms with Crippen molar-refractivity contribution >= 4 is 23.6 Å². The lowest BCUT2D eigenvalue weighted by molar-refractivity contribution is -0.151. The molecule has 1 atom stereocenters. The summed E-state index contributed by atoms with van der Waals surface area (Å²) in [4.78, 5) is 37.7. The zero-order valence-corrected chi connectivity index (χ0v) is 15.0. The first-order valence-corrected chi connectivity index (χ1v) is 8.73. The molecule has 0 aliphatic carbocycles. The average molecular weight is 371 g/mol. The fraction of sp³-hybridized carbons (Fsp3) is 0.368. The number of amides is 2. The van der Waals surface area contributed by atoms with Crippen LogP contribution in [-0.4, -0.2) is 47.5 Å². The van der Waals surface area contributed by atoms with Crippen molar-refractivity contribution in [3.05, 3.63) is 47.7 Å². The number of aryl methyl sites for hydroxylation is 1. The molecule has 1 fully saturated rings. The smallest absolute Gasteiger partial charge is 0.311 e. The summed E-state index contributed by atoms with van der Waals surface area (Å²) in [5.41, 5.74) is 1.14. The number of nitrogens with zero attached hydrogens (tertiary/aromatic N) is 2. The summed E-state index contributed by atoms with van der Waals surface area (Å²) in [6.45, 7) is 2.13. The average Bonchev–Trinajstić information content (AvgIpc) is 3.24. The number of hydrogen-bond acceptors (Lipinski definition) is 6. The molecule has 1 aromatic carbocycles. The van der Waals surface area contributed by atoms with Gasteiger partial charge in [-0.05, 0) is 18.9 Å². The quantitative estimate of drug-likeness (QED) is 0.741. The van der Waals surface area contributed by atoms with Gasteiger partial charge >= 0.3 is 5.97 Å². The van der Waals surface area contributed by atoms with E-state index in [0.29, 0.717) is 18.8 Å². The van der Waals surface area contributed by atoms with E-state index in [0.717, 1.165) is 12.0 Å². The first-order valence-electron chi connectivity index (χ1n) is 8.73. The number of rotatable bonds is 7. The first-order chi connectivity index (χ1) is 13.0. The Morgan fingerprint density at radius 2 is 2.11 bits per heavy atom. The predicted molar refractivity (Wildman–Crippen MR) is 95.7 cm³/mol. The molecule has 0 spiro atoms. The number of esters is 1. The van der Waals surface area contributed by atoms with Crippen molar-refractivity contribution < 1.29 is 23.6 Å². The first kappa shape index (κ1) is 18.6. The Bertz CT molecular complexity index is 818. The van der Waals surface area contributed by atoms with Crippen molar-refractivity contribution in [3.63, 3.8) is 0 Å². The Kier molecular flexibility index (Phi) is 5.85. The van der Waals surface area contributed by atoms with Crippen molar-refractivity contribution in [2.75, 3.05) is 25.0 Å². The Morgan fingerprint density at radius 1 is 1.33 bits per heavy atom. The van der Waals surface area contributed by atoms with E-state index in [-0.39, 0.29) is 18.1 Å². The van der Waals surface area contributed by atoms with Crippen LogP contribution in [0.4, 0.5) is 5.82 Å². The maximum atomic E-state index is 12.2. The van der Waals surface area contributed by atoms with Gasteiger partial charge in [-0.25, -0.2) is 0 Å². The molecule has 2 amide bonds. The molecule has 1 saturated heterocycles. The van der Waals surface area contributed by atoms with Gasteiger partial charge in [0.25, 0.3) is 5.91 Å². The third-order valence-electron chi connectivity index (χ3n) is 4.30. The number of hydrogen-bond donors (Lipinski definition) is 1. The second kappa shape index (κ2) is 8.48. The molecule has 142 valence electrons. The maximum absolute atomic E-state index is 12.2. The lowest BCUT2D eigenvalue weighted by Crippen LogP contribution is -2.29. The summed E-state index contributed by atoms with van der Waals surface area (Å²) in [7, 11) is 0. The summed E-state index contributed by atoms with van der Waals surface area (Å²) in [6, 6.07) is 11.4. The summed E-state index contributed by atoms with van der Waals surface area (Å²) >= 11 is 0. The number of likely N-dealkylation sites (tertiary alicyclic amines) is 1. The normalized spacial score (nSPS) is 16.4. The van der Waals surface area contributed by atoms with E-state index in [1.807, 2.05) is 30.3 Å². The molecule has 1 aliphatic heterocycles. The van der Waals surface area contributed by atoms with Gasteiger partial charge in [0.15, 0.2) is 12.4 Å². The number of carbonyl (C=O) groups is 3. The van der Waals surface area contributed by atoms with Gasteiger partial charge in [-0.15, -0.1) is 0 Å². The molecule has 8 nitrogen and oxygen atoms in total. The minimum Gasteiger partial charge on any atom is -0.455 e. The van der Waals surface area contributed by atoms with Crippen molar-refractivity contribution in [3.8, 4) is 0 Å². The largest absolute Gasteiger partial charge is 0.455 e. The van der Waals surface area contributed by atoms with Crippen molar-refractivity contribution in [2.24, 2.45) is 5.92 Å². The zero-order valence-electron chi connectivity index (χ0n) is 15.0. The number of ether oxygens (including phenoxy) is 1. The van der Waals surface area contributed by atoms with E-state index in [1.54, 1.807) is 17.9 Å². The summed E-state index contributed by atoms with van der Waals surface area (Å²) in [5, 5.41) is 6.09. The molecule has 0 bridgehead atoms. The van der Waals surface area contributed by atoms with Crippen LogP contribution in [0.15, 0.2) is 40.9 Å². The Labute approximate surface area is 156 Å². The summed E-state index contributed by atoms with van der Waals surface area (Å²) < 4.78 is 9.87. The van der Waals surface area contributed by atoms with Crippen LogP contribution in [0.25, 0.3) is 0 Å². The van der Waals surface area contributed by atoms with Gasteiger partial charge in [0.1, 0.15) is 5.76 Å². The van der Waals surface area contributed by atoms with Crippen LogP contribution in [0.5, 0.6) is 0 Å². The molecule has 8 heteroatoms. The van der Waals surface area contributed by atoms with Crippen LogP contribution < -0.4 is 5.32 Å².